The van der Waals surface area contributed by atoms with E-state index in [0.717, 1.165) is 35.8 Å². The van der Waals surface area contributed by atoms with Crippen LogP contribution in [0.25, 0.3) is 0 Å². The van der Waals surface area contributed by atoms with E-state index in [-0.39, 0.29) is 6.04 Å². The summed E-state index contributed by atoms with van der Waals surface area (Å²) in [5.41, 5.74) is 2.00. The van der Waals surface area contributed by atoms with Crippen molar-refractivity contribution in [3.63, 3.8) is 0 Å². The normalized spacial score (nSPS) is 12.1. The molecule has 0 saturated carbocycles. The predicted molar refractivity (Wildman–Crippen MR) is 82.3 cm³/mol. The number of hydrogen-bond donors (Lipinski definition) is 1. The first-order chi connectivity index (χ1) is 10.2. The minimum absolute atomic E-state index is 0.000411. The quantitative estimate of drug-likeness (QED) is 0.848. The average molecular weight is 286 g/mol. The van der Waals surface area contributed by atoms with Crippen molar-refractivity contribution in [3.05, 3.63) is 47.8 Å². The van der Waals surface area contributed by atoms with Gasteiger partial charge in [0.2, 0.25) is 0 Å². The Balaban J connectivity index is 2.33. The van der Waals surface area contributed by atoms with E-state index in [1.165, 1.54) is 0 Å². The van der Waals surface area contributed by atoms with Gasteiger partial charge in [0.25, 0.3) is 0 Å². The van der Waals surface area contributed by atoms with Gasteiger partial charge in [0.15, 0.2) is 0 Å². The molecule has 1 N–H and O–H groups in total. The third-order valence-electron chi connectivity index (χ3n) is 3.07. The van der Waals surface area contributed by atoms with Gasteiger partial charge in [-0.25, -0.2) is 9.97 Å². The molecule has 1 atom stereocenters. The second-order valence-corrected chi connectivity index (χ2v) is 4.80. The highest BCUT2D eigenvalue weighted by Crippen LogP contribution is 2.23. The zero-order valence-corrected chi connectivity index (χ0v) is 12.8. The predicted octanol–water partition coefficient (Wildman–Crippen LogP) is 2.67. The first-order valence-electron chi connectivity index (χ1n) is 7.35. The topological polar surface area (TPSA) is 59.9 Å². The van der Waals surface area contributed by atoms with Crippen LogP contribution in [0.2, 0.25) is 0 Å². The summed E-state index contributed by atoms with van der Waals surface area (Å²) in [4.78, 5) is 13.0. The number of hydrogen-bond acceptors (Lipinski definition) is 5. The fourth-order valence-corrected chi connectivity index (χ4v) is 2.16. The zero-order chi connectivity index (χ0) is 15.1. The Labute approximate surface area is 125 Å². The molecule has 2 rings (SSSR count). The number of nitrogens with zero attached hydrogens (tertiary/aromatic N) is 3. The molecule has 0 bridgehead atoms. The molecule has 2 aromatic rings. The monoisotopic (exact) mass is 286 g/mol. The maximum atomic E-state index is 5.54. The fraction of sp³-hybridized carbons (Fsp3) is 0.438. The van der Waals surface area contributed by atoms with Gasteiger partial charge < -0.3 is 10.1 Å². The third kappa shape index (κ3) is 4.23. The standard InChI is InChI=1S/C16H22N4O/c1-4-7-19-16(15-6-8-18-12(3)20-15)13-9-14(21-5-2)11-17-10-13/h6,8-11,16,19H,4-5,7H2,1-3H3. The minimum Gasteiger partial charge on any atom is -0.492 e. The highest BCUT2D eigenvalue weighted by Gasteiger charge is 2.16. The van der Waals surface area contributed by atoms with Crippen LogP contribution >= 0.6 is 0 Å². The van der Waals surface area contributed by atoms with Crippen molar-refractivity contribution in [2.45, 2.75) is 33.2 Å². The lowest BCUT2D eigenvalue weighted by molar-refractivity contribution is 0.338. The summed E-state index contributed by atoms with van der Waals surface area (Å²) < 4.78 is 5.54. The smallest absolute Gasteiger partial charge is 0.137 e. The SMILES string of the molecule is CCCNC(c1cncc(OCC)c1)c1ccnc(C)n1. The first-order valence-corrected chi connectivity index (χ1v) is 7.35. The molecule has 5 nitrogen and oxygen atoms in total. The minimum atomic E-state index is -0.000411. The summed E-state index contributed by atoms with van der Waals surface area (Å²) >= 11 is 0. The average Bonchev–Trinajstić information content (AvgIpc) is 2.49. The highest BCUT2D eigenvalue weighted by atomic mass is 16.5. The highest BCUT2D eigenvalue weighted by molar-refractivity contribution is 5.31. The van der Waals surface area contributed by atoms with E-state index in [2.05, 4.69) is 27.2 Å². The summed E-state index contributed by atoms with van der Waals surface area (Å²) in [5, 5.41) is 3.51. The van der Waals surface area contributed by atoms with Crippen molar-refractivity contribution >= 4 is 0 Å². The number of ether oxygens (including phenoxy) is 1. The van der Waals surface area contributed by atoms with Crippen LogP contribution < -0.4 is 10.1 Å². The summed E-state index contributed by atoms with van der Waals surface area (Å²) in [6.07, 6.45) is 6.43. The Kier molecular flexibility index (Phi) is 5.63. The number of aryl methyl sites for hydroxylation is 1. The summed E-state index contributed by atoms with van der Waals surface area (Å²) in [6.45, 7) is 7.55. The third-order valence-corrected chi connectivity index (χ3v) is 3.07. The van der Waals surface area contributed by atoms with Gasteiger partial charge >= 0.3 is 0 Å². The molecule has 0 aliphatic rings. The number of aromatic nitrogens is 3. The van der Waals surface area contributed by atoms with Gasteiger partial charge in [0.05, 0.1) is 24.5 Å². The molecule has 0 spiro atoms. The molecular formula is C16H22N4O. The van der Waals surface area contributed by atoms with Gasteiger partial charge in [0, 0.05) is 12.4 Å². The van der Waals surface area contributed by atoms with Crippen molar-refractivity contribution in [1.29, 1.82) is 0 Å². The van der Waals surface area contributed by atoms with Crippen molar-refractivity contribution in [3.8, 4) is 5.75 Å². The van der Waals surface area contributed by atoms with E-state index in [4.69, 9.17) is 4.74 Å². The Morgan fingerprint density at radius 3 is 2.86 bits per heavy atom. The van der Waals surface area contributed by atoms with Crippen LogP contribution in [0, 0.1) is 6.92 Å². The molecule has 0 aliphatic carbocycles. The Hall–Kier alpha value is -2.01. The van der Waals surface area contributed by atoms with Crippen LogP contribution in [-0.2, 0) is 0 Å². The van der Waals surface area contributed by atoms with Crippen molar-refractivity contribution in [2.75, 3.05) is 13.2 Å². The lowest BCUT2D eigenvalue weighted by atomic mass is 10.1. The number of rotatable bonds is 7. The number of nitrogens with one attached hydrogen (secondary N) is 1. The number of pyridine rings is 1. The molecule has 0 aromatic carbocycles. The van der Waals surface area contributed by atoms with E-state index >= 15 is 0 Å². The van der Waals surface area contributed by atoms with E-state index in [1.807, 2.05) is 32.2 Å². The molecule has 2 aromatic heterocycles. The Morgan fingerprint density at radius 1 is 1.29 bits per heavy atom. The van der Waals surface area contributed by atoms with Gasteiger partial charge in [-0.3, -0.25) is 4.98 Å². The van der Waals surface area contributed by atoms with Crippen LogP contribution in [0.1, 0.15) is 43.4 Å². The van der Waals surface area contributed by atoms with E-state index < -0.39 is 0 Å². The molecule has 21 heavy (non-hydrogen) atoms. The van der Waals surface area contributed by atoms with Gasteiger partial charge in [-0.1, -0.05) is 6.92 Å². The van der Waals surface area contributed by atoms with E-state index in [9.17, 15) is 0 Å². The van der Waals surface area contributed by atoms with Crippen LogP contribution in [0.15, 0.2) is 30.7 Å². The molecule has 0 saturated heterocycles. The molecule has 0 aliphatic heterocycles. The Morgan fingerprint density at radius 2 is 2.14 bits per heavy atom. The summed E-state index contributed by atoms with van der Waals surface area (Å²) in [5.74, 6) is 1.55. The van der Waals surface area contributed by atoms with Crippen molar-refractivity contribution in [2.24, 2.45) is 0 Å². The molecule has 2 heterocycles. The van der Waals surface area contributed by atoms with Gasteiger partial charge in [0.1, 0.15) is 11.6 Å². The van der Waals surface area contributed by atoms with Gasteiger partial charge in [-0.2, -0.15) is 0 Å². The second-order valence-electron chi connectivity index (χ2n) is 4.80. The van der Waals surface area contributed by atoms with Gasteiger partial charge in [-0.15, -0.1) is 0 Å². The maximum absolute atomic E-state index is 5.54. The van der Waals surface area contributed by atoms with Crippen LogP contribution in [0.3, 0.4) is 0 Å². The fourth-order valence-electron chi connectivity index (χ4n) is 2.16. The molecule has 0 fully saturated rings. The lowest BCUT2D eigenvalue weighted by Gasteiger charge is -2.19. The summed E-state index contributed by atoms with van der Waals surface area (Å²) in [6, 6.07) is 3.95. The lowest BCUT2D eigenvalue weighted by Crippen LogP contribution is -2.24. The zero-order valence-electron chi connectivity index (χ0n) is 12.8. The molecular weight excluding hydrogens is 264 g/mol. The summed E-state index contributed by atoms with van der Waals surface area (Å²) in [7, 11) is 0. The van der Waals surface area contributed by atoms with Crippen molar-refractivity contribution < 1.29 is 4.74 Å². The molecule has 0 amide bonds. The maximum Gasteiger partial charge on any atom is 0.137 e. The van der Waals surface area contributed by atoms with Crippen LogP contribution in [0.4, 0.5) is 0 Å². The molecule has 112 valence electrons. The van der Waals surface area contributed by atoms with E-state index in [1.54, 1.807) is 12.4 Å². The first kappa shape index (κ1) is 15.4. The van der Waals surface area contributed by atoms with Crippen molar-refractivity contribution in [1.82, 2.24) is 20.3 Å². The molecule has 1 unspecified atom stereocenters. The largest absolute Gasteiger partial charge is 0.492 e. The van der Waals surface area contributed by atoms with E-state index in [0.29, 0.717) is 6.61 Å². The second kappa shape index (κ2) is 7.69. The van der Waals surface area contributed by atoms with Crippen LogP contribution in [0.5, 0.6) is 5.75 Å². The molecule has 0 radical (unpaired) electrons. The van der Waals surface area contributed by atoms with Gasteiger partial charge in [-0.05, 0) is 44.5 Å². The van der Waals surface area contributed by atoms with Crippen LogP contribution in [-0.4, -0.2) is 28.1 Å². The Bertz CT molecular complexity index is 574. The molecule has 5 heteroatoms.